The second-order valence-electron chi connectivity index (χ2n) is 7.40. The predicted octanol–water partition coefficient (Wildman–Crippen LogP) is 3.31. The van der Waals surface area contributed by atoms with Gasteiger partial charge in [-0.05, 0) is 36.6 Å². The van der Waals surface area contributed by atoms with Gasteiger partial charge in [0.2, 0.25) is 0 Å². The number of benzene rings is 2. The van der Waals surface area contributed by atoms with E-state index in [1.807, 2.05) is 38.1 Å². The molecule has 0 aromatic heterocycles. The summed E-state index contributed by atoms with van der Waals surface area (Å²) >= 11 is 0. The summed E-state index contributed by atoms with van der Waals surface area (Å²) in [5.41, 5.74) is 1.39. The van der Waals surface area contributed by atoms with Gasteiger partial charge in [0.05, 0.1) is 17.3 Å². The van der Waals surface area contributed by atoms with E-state index >= 15 is 0 Å². The molecule has 7 nitrogen and oxygen atoms in total. The first-order valence-electron chi connectivity index (χ1n) is 9.72. The maximum atomic E-state index is 12.2. The lowest BCUT2D eigenvalue weighted by atomic mass is 9.98. The zero-order chi connectivity index (χ0) is 22.0. The Balaban J connectivity index is 1.92. The summed E-state index contributed by atoms with van der Waals surface area (Å²) < 4.78 is 0. The van der Waals surface area contributed by atoms with Crippen LogP contribution in [0.25, 0.3) is 0 Å². The molecule has 0 saturated heterocycles. The van der Waals surface area contributed by atoms with Crippen LogP contribution in [0.4, 0.5) is 17.1 Å². The first-order valence-corrected chi connectivity index (χ1v) is 9.72. The van der Waals surface area contributed by atoms with Gasteiger partial charge in [-0.25, -0.2) is 0 Å². The number of carbonyl (C=O) groups is 1. The minimum Gasteiger partial charge on any atom is -0.505 e. The van der Waals surface area contributed by atoms with Gasteiger partial charge in [0.1, 0.15) is 11.4 Å². The van der Waals surface area contributed by atoms with Crippen molar-refractivity contribution in [2.75, 3.05) is 24.7 Å². The summed E-state index contributed by atoms with van der Waals surface area (Å²) in [5.74, 6) is -0.647. The van der Waals surface area contributed by atoms with Crippen molar-refractivity contribution in [1.29, 1.82) is 0 Å². The SMILES string of the molecule is CCC(Nc1c(Nc2cccc(C(=O)N(C)C)c2O)c(=O)c1=O)c1ccccc1C. The van der Waals surface area contributed by atoms with Crippen LogP contribution in [0.1, 0.15) is 40.9 Å². The second kappa shape index (κ2) is 8.41. The lowest BCUT2D eigenvalue weighted by Crippen LogP contribution is -2.37. The average Bonchev–Trinajstić information content (AvgIpc) is 2.74. The highest BCUT2D eigenvalue weighted by atomic mass is 16.3. The van der Waals surface area contributed by atoms with Crippen LogP contribution >= 0.6 is 0 Å². The summed E-state index contributed by atoms with van der Waals surface area (Å²) in [6, 6.07) is 12.3. The molecule has 0 heterocycles. The van der Waals surface area contributed by atoms with Crippen molar-refractivity contribution in [3.8, 4) is 5.75 Å². The highest BCUT2D eigenvalue weighted by Crippen LogP contribution is 2.33. The molecule has 1 atom stereocenters. The Labute approximate surface area is 174 Å². The molecular weight excluding hydrogens is 382 g/mol. The zero-order valence-corrected chi connectivity index (χ0v) is 17.4. The minimum atomic E-state index is -0.666. The Hall–Kier alpha value is -3.61. The highest BCUT2D eigenvalue weighted by molar-refractivity contribution is 5.99. The maximum Gasteiger partial charge on any atom is 0.257 e. The van der Waals surface area contributed by atoms with E-state index < -0.39 is 10.9 Å². The summed E-state index contributed by atoms with van der Waals surface area (Å²) in [7, 11) is 3.16. The highest BCUT2D eigenvalue weighted by Gasteiger charge is 2.25. The van der Waals surface area contributed by atoms with Gasteiger partial charge in [0, 0.05) is 14.1 Å². The van der Waals surface area contributed by atoms with Crippen molar-refractivity contribution < 1.29 is 9.90 Å². The number of aryl methyl sites for hydroxylation is 1. The van der Waals surface area contributed by atoms with Crippen LogP contribution in [0, 0.1) is 6.92 Å². The number of para-hydroxylation sites is 1. The summed E-state index contributed by atoms with van der Waals surface area (Å²) in [6.45, 7) is 3.98. The normalized spacial score (nSPS) is 11.9. The summed E-state index contributed by atoms with van der Waals surface area (Å²) in [5, 5.41) is 16.5. The number of hydrogen-bond donors (Lipinski definition) is 3. The Morgan fingerprint density at radius 3 is 2.33 bits per heavy atom. The van der Waals surface area contributed by atoms with Gasteiger partial charge in [-0.3, -0.25) is 14.4 Å². The molecule has 0 aliphatic heterocycles. The van der Waals surface area contributed by atoms with Crippen LogP contribution in [-0.2, 0) is 0 Å². The number of hydrogen-bond acceptors (Lipinski definition) is 6. The van der Waals surface area contributed by atoms with Gasteiger partial charge in [-0.15, -0.1) is 0 Å². The van der Waals surface area contributed by atoms with Crippen molar-refractivity contribution in [3.05, 3.63) is 79.6 Å². The standard InChI is InChI=1S/C23H25N3O4/c1-5-16(14-10-7-6-9-13(14)2)24-18-19(22(29)21(18)28)25-17-12-8-11-15(20(17)27)23(30)26(3)4/h6-12,16,24-25,27H,5H2,1-4H3. The molecule has 0 fully saturated rings. The number of nitrogens with one attached hydrogen (secondary N) is 2. The summed E-state index contributed by atoms with van der Waals surface area (Å²) in [6.07, 6.45) is 0.709. The van der Waals surface area contributed by atoms with Crippen LogP contribution in [0.15, 0.2) is 52.1 Å². The first-order chi connectivity index (χ1) is 14.3. The number of phenols is 1. The lowest BCUT2D eigenvalue weighted by Gasteiger charge is -2.23. The van der Waals surface area contributed by atoms with Gasteiger partial charge in [-0.2, -0.15) is 0 Å². The molecule has 0 bridgehead atoms. The van der Waals surface area contributed by atoms with Gasteiger partial charge in [0.15, 0.2) is 5.75 Å². The largest absolute Gasteiger partial charge is 0.505 e. The number of anilines is 3. The molecule has 3 aromatic rings. The fourth-order valence-electron chi connectivity index (χ4n) is 3.39. The fraction of sp³-hybridized carbons (Fsp3) is 0.261. The topological polar surface area (TPSA) is 98.7 Å². The number of nitrogens with zero attached hydrogens (tertiary/aromatic N) is 1. The molecule has 0 aliphatic rings. The number of rotatable bonds is 7. The van der Waals surface area contributed by atoms with E-state index in [9.17, 15) is 19.5 Å². The van der Waals surface area contributed by atoms with Crippen LogP contribution < -0.4 is 21.5 Å². The quantitative estimate of drug-likeness (QED) is 0.411. The molecule has 0 radical (unpaired) electrons. The minimum absolute atomic E-state index is 0.0804. The van der Waals surface area contributed by atoms with Crippen LogP contribution in [-0.4, -0.2) is 30.0 Å². The van der Waals surface area contributed by atoms with E-state index in [-0.39, 0.29) is 40.3 Å². The molecule has 0 spiro atoms. The molecule has 1 amide bonds. The lowest BCUT2D eigenvalue weighted by molar-refractivity contribution is 0.0824. The fourth-order valence-corrected chi connectivity index (χ4v) is 3.39. The Bertz CT molecular complexity index is 1160. The molecule has 1 unspecified atom stereocenters. The molecular formula is C23H25N3O4. The van der Waals surface area contributed by atoms with Crippen molar-refractivity contribution in [3.63, 3.8) is 0 Å². The molecule has 30 heavy (non-hydrogen) atoms. The van der Waals surface area contributed by atoms with E-state index in [1.165, 1.54) is 11.0 Å². The molecule has 0 saturated carbocycles. The van der Waals surface area contributed by atoms with Crippen molar-refractivity contribution in [2.24, 2.45) is 0 Å². The monoisotopic (exact) mass is 407 g/mol. The Morgan fingerprint density at radius 2 is 1.70 bits per heavy atom. The van der Waals surface area contributed by atoms with Crippen molar-refractivity contribution in [1.82, 2.24) is 4.90 Å². The van der Waals surface area contributed by atoms with Gasteiger partial charge < -0.3 is 20.6 Å². The third-order valence-electron chi connectivity index (χ3n) is 5.13. The van der Waals surface area contributed by atoms with E-state index in [4.69, 9.17) is 0 Å². The van der Waals surface area contributed by atoms with E-state index in [0.717, 1.165) is 11.1 Å². The second-order valence-corrected chi connectivity index (χ2v) is 7.40. The van der Waals surface area contributed by atoms with Gasteiger partial charge in [-0.1, -0.05) is 37.3 Å². The number of phenolic OH excluding ortho intramolecular Hbond substituents is 1. The van der Waals surface area contributed by atoms with Crippen LogP contribution in [0.3, 0.4) is 0 Å². The zero-order valence-electron chi connectivity index (χ0n) is 17.4. The molecule has 3 N–H and O–H groups in total. The van der Waals surface area contributed by atoms with Gasteiger partial charge in [0.25, 0.3) is 16.8 Å². The number of amides is 1. The maximum absolute atomic E-state index is 12.2. The predicted molar refractivity (Wildman–Crippen MR) is 119 cm³/mol. The smallest absolute Gasteiger partial charge is 0.257 e. The number of carbonyl (C=O) groups excluding carboxylic acids is 1. The van der Waals surface area contributed by atoms with Gasteiger partial charge >= 0.3 is 0 Å². The van der Waals surface area contributed by atoms with E-state index in [2.05, 4.69) is 10.6 Å². The molecule has 3 aromatic carbocycles. The van der Waals surface area contributed by atoms with E-state index in [1.54, 1.807) is 26.2 Å². The van der Waals surface area contributed by atoms with Crippen molar-refractivity contribution >= 4 is 23.0 Å². The van der Waals surface area contributed by atoms with Crippen LogP contribution in [0.5, 0.6) is 5.75 Å². The molecule has 3 rings (SSSR count). The summed E-state index contributed by atoms with van der Waals surface area (Å²) in [4.78, 5) is 38.0. The van der Waals surface area contributed by atoms with Crippen LogP contribution in [0.2, 0.25) is 0 Å². The molecule has 156 valence electrons. The average molecular weight is 407 g/mol. The van der Waals surface area contributed by atoms with Crippen molar-refractivity contribution in [2.45, 2.75) is 26.3 Å². The molecule has 0 aliphatic carbocycles. The number of aromatic hydroxyl groups is 1. The molecule has 7 heteroatoms. The Morgan fingerprint density at radius 1 is 1.03 bits per heavy atom. The Kier molecular flexibility index (Phi) is 5.91. The third kappa shape index (κ3) is 3.78. The van der Waals surface area contributed by atoms with E-state index in [0.29, 0.717) is 6.42 Å². The third-order valence-corrected chi connectivity index (χ3v) is 5.13. The first kappa shape index (κ1) is 21.1.